The molecular formula is C16H18ClN3O2S. The Hall–Kier alpha value is -1.37. The topological polar surface area (TPSA) is 58.4 Å². The molecule has 0 aromatic carbocycles. The molecule has 2 aromatic rings. The van der Waals surface area contributed by atoms with Crippen LogP contribution >= 0.6 is 22.9 Å². The second kappa shape index (κ2) is 5.92. The van der Waals surface area contributed by atoms with Crippen LogP contribution in [0.2, 0.25) is 5.02 Å². The van der Waals surface area contributed by atoms with Crippen molar-refractivity contribution >= 4 is 28.8 Å². The molecule has 2 fully saturated rings. The summed E-state index contributed by atoms with van der Waals surface area (Å²) in [6.07, 6.45) is 6.63. The number of aliphatic hydroxyl groups excluding tert-OH is 1. The molecule has 3 heterocycles. The van der Waals surface area contributed by atoms with Crippen LogP contribution in [0, 0.1) is 11.8 Å². The van der Waals surface area contributed by atoms with E-state index >= 15 is 0 Å². The number of hydrogen-bond donors (Lipinski definition) is 1. The van der Waals surface area contributed by atoms with E-state index in [1.54, 1.807) is 18.6 Å². The number of carbonyl (C=O) groups is 1. The lowest BCUT2D eigenvalue weighted by Gasteiger charge is -2.35. The summed E-state index contributed by atoms with van der Waals surface area (Å²) in [6, 6.07) is 1.82. The number of imidazole rings is 1. The highest BCUT2D eigenvalue weighted by Crippen LogP contribution is 2.42. The standard InChI is InChI=1S/C16H18ClN3O2S/c17-12-1-4-23-15(12)16(22)20-7-10-5-13(19-3-2-18-9-19)14(21)6-11(10)8-20/h1-4,9-11,13-14,21H,5-8H2/t10-,11+,13-,14-/m1/s1. The van der Waals surface area contributed by atoms with E-state index in [0.717, 1.165) is 19.4 Å². The number of aromatic nitrogens is 2. The van der Waals surface area contributed by atoms with Gasteiger partial charge in [0.25, 0.3) is 5.91 Å². The second-order valence-corrected chi connectivity index (χ2v) is 7.77. The summed E-state index contributed by atoms with van der Waals surface area (Å²) >= 11 is 7.48. The quantitative estimate of drug-likeness (QED) is 0.905. The van der Waals surface area contributed by atoms with Crippen molar-refractivity contribution in [3.05, 3.63) is 40.1 Å². The van der Waals surface area contributed by atoms with E-state index in [-0.39, 0.29) is 18.1 Å². The maximum atomic E-state index is 12.6. The van der Waals surface area contributed by atoms with Crippen LogP contribution in [0.25, 0.3) is 0 Å². The number of amides is 1. The summed E-state index contributed by atoms with van der Waals surface area (Å²) < 4.78 is 1.99. The zero-order chi connectivity index (χ0) is 16.0. The van der Waals surface area contributed by atoms with Crippen molar-refractivity contribution in [2.24, 2.45) is 11.8 Å². The van der Waals surface area contributed by atoms with E-state index in [2.05, 4.69) is 4.98 Å². The van der Waals surface area contributed by atoms with Crippen molar-refractivity contribution in [2.75, 3.05) is 13.1 Å². The molecule has 7 heteroatoms. The summed E-state index contributed by atoms with van der Waals surface area (Å²) in [7, 11) is 0. The van der Waals surface area contributed by atoms with Gasteiger partial charge in [0.05, 0.1) is 23.5 Å². The summed E-state index contributed by atoms with van der Waals surface area (Å²) in [6.45, 7) is 1.46. The molecule has 0 unspecified atom stereocenters. The fraction of sp³-hybridized carbons (Fsp3) is 0.500. The molecule has 4 atom stereocenters. The first-order valence-electron chi connectivity index (χ1n) is 7.81. The molecule has 5 nitrogen and oxygen atoms in total. The summed E-state index contributed by atoms with van der Waals surface area (Å²) in [4.78, 5) is 19.2. The first-order chi connectivity index (χ1) is 11.1. The number of likely N-dealkylation sites (tertiary alicyclic amines) is 1. The van der Waals surface area contributed by atoms with Crippen molar-refractivity contribution in [3.63, 3.8) is 0 Å². The van der Waals surface area contributed by atoms with Crippen LogP contribution in [0.3, 0.4) is 0 Å². The maximum Gasteiger partial charge on any atom is 0.265 e. The van der Waals surface area contributed by atoms with Gasteiger partial charge in [0.2, 0.25) is 0 Å². The Labute approximate surface area is 143 Å². The van der Waals surface area contributed by atoms with Crippen LogP contribution in [0.5, 0.6) is 0 Å². The van der Waals surface area contributed by atoms with Crippen LogP contribution in [0.15, 0.2) is 30.2 Å². The highest BCUT2D eigenvalue weighted by Gasteiger charge is 2.43. The lowest BCUT2D eigenvalue weighted by molar-refractivity contribution is 0.0357. The minimum atomic E-state index is -0.383. The first kappa shape index (κ1) is 15.2. The average molecular weight is 352 g/mol. The Morgan fingerprint density at radius 1 is 1.35 bits per heavy atom. The Kier molecular flexibility index (Phi) is 3.91. The van der Waals surface area contributed by atoms with E-state index < -0.39 is 0 Å². The number of rotatable bonds is 2. The van der Waals surface area contributed by atoms with E-state index in [9.17, 15) is 9.90 Å². The van der Waals surface area contributed by atoms with Gasteiger partial charge in [-0.25, -0.2) is 4.98 Å². The molecular weight excluding hydrogens is 334 g/mol. The summed E-state index contributed by atoms with van der Waals surface area (Å²) in [5.74, 6) is 0.814. The molecule has 0 bridgehead atoms. The van der Waals surface area contributed by atoms with Gasteiger partial charge >= 0.3 is 0 Å². The molecule has 1 saturated carbocycles. The van der Waals surface area contributed by atoms with Crippen LogP contribution in [0.4, 0.5) is 0 Å². The van der Waals surface area contributed by atoms with Crippen molar-refractivity contribution in [3.8, 4) is 0 Å². The normalized spacial score (nSPS) is 30.4. The maximum absolute atomic E-state index is 12.6. The third-order valence-electron chi connectivity index (χ3n) is 5.12. The van der Waals surface area contributed by atoms with E-state index in [4.69, 9.17) is 11.6 Å². The van der Waals surface area contributed by atoms with Crippen molar-refractivity contribution in [1.82, 2.24) is 14.5 Å². The zero-order valence-corrected chi connectivity index (χ0v) is 14.1. The number of nitrogens with zero attached hydrogens (tertiary/aromatic N) is 3. The number of thiophene rings is 1. The predicted molar refractivity (Wildman–Crippen MR) is 88.7 cm³/mol. The van der Waals surface area contributed by atoms with Crippen LogP contribution < -0.4 is 0 Å². The molecule has 0 radical (unpaired) electrons. The molecule has 23 heavy (non-hydrogen) atoms. The Balaban J connectivity index is 1.49. The van der Waals surface area contributed by atoms with Crippen LogP contribution in [0.1, 0.15) is 28.6 Å². The van der Waals surface area contributed by atoms with Crippen molar-refractivity contribution < 1.29 is 9.90 Å². The minimum Gasteiger partial charge on any atom is -0.391 e. The largest absolute Gasteiger partial charge is 0.391 e. The smallest absolute Gasteiger partial charge is 0.265 e. The molecule has 1 aliphatic carbocycles. The predicted octanol–water partition coefficient (Wildman–Crippen LogP) is 2.68. The molecule has 2 aromatic heterocycles. The number of carbonyl (C=O) groups excluding carboxylic acids is 1. The third-order valence-corrected chi connectivity index (χ3v) is 6.44. The van der Waals surface area contributed by atoms with Gasteiger partial charge in [-0.3, -0.25) is 4.79 Å². The lowest BCUT2D eigenvalue weighted by Crippen LogP contribution is -2.35. The van der Waals surface area contributed by atoms with Gasteiger partial charge in [-0.2, -0.15) is 0 Å². The van der Waals surface area contributed by atoms with Gasteiger partial charge < -0.3 is 14.6 Å². The lowest BCUT2D eigenvalue weighted by atomic mass is 9.77. The second-order valence-electron chi connectivity index (χ2n) is 6.44. The molecule has 4 rings (SSSR count). The van der Waals surface area contributed by atoms with Crippen molar-refractivity contribution in [1.29, 1.82) is 0 Å². The summed E-state index contributed by atoms with van der Waals surface area (Å²) in [5, 5.41) is 12.8. The Morgan fingerprint density at radius 2 is 2.13 bits per heavy atom. The summed E-state index contributed by atoms with van der Waals surface area (Å²) in [5.41, 5.74) is 0. The Bertz CT molecular complexity index is 702. The molecule has 1 N–H and O–H groups in total. The molecule has 1 amide bonds. The number of aliphatic hydroxyl groups is 1. The molecule has 1 saturated heterocycles. The van der Waals surface area contributed by atoms with Crippen molar-refractivity contribution in [2.45, 2.75) is 25.0 Å². The molecule has 122 valence electrons. The number of halogens is 1. The number of hydrogen-bond acceptors (Lipinski definition) is 4. The molecule has 2 aliphatic rings. The molecule has 0 spiro atoms. The van der Waals surface area contributed by atoms with E-state index in [0.29, 0.717) is 28.3 Å². The van der Waals surface area contributed by atoms with Gasteiger partial charge in [-0.1, -0.05) is 11.6 Å². The SMILES string of the molecule is O=C(c1sccc1Cl)N1C[C@H]2C[C@@H](n3ccnc3)[C@H](O)C[C@H]2C1. The molecule has 1 aliphatic heterocycles. The zero-order valence-electron chi connectivity index (χ0n) is 12.5. The van der Waals surface area contributed by atoms with Gasteiger partial charge in [-0.05, 0) is 36.1 Å². The highest BCUT2D eigenvalue weighted by atomic mass is 35.5. The van der Waals surface area contributed by atoms with Gasteiger partial charge in [0.15, 0.2) is 0 Å². The monoisotopic (exact) mass is 351 g/mol. The van der Waals surface area contributed by atoms with Gasteiger partial charge in [0.1, 0.15) is 4.88 Å². The highest BCUT2D eigenvalue weighted by molar-refractivity contribution is 7.12. The average Bonchev–Trinajstić information content (AvgIpc) is 3.25. The number of fused-ring (bicyclic) bond motifs is 1. The van der Waals surface area contributed by atoms with Gasteiger partial charge in [0, 0.05) is 25.5 Å². The van der Waals surface area contributed by atoms with Crippen LogP contribution in [-0.2, 0) is 0 Å². The fourth-order valence-electron chi connectivity index (χ4n) is 3.95. The van der Waals surface area contributed by atoms with Crippen LogP contribution in [-0.4, -0.2) is 44.7 Å². The first-order valence-corrected chi connectivity index (χ1v) is 9.07. The van der Waals surface area contributed by atoms with E-state index in [1.165, 1.54) is 11.3 Å². The Morgan fingerprint density at radius 3 is 2.78 bits per heavy atom. The fourth-order valence-corrected chi connectivity index (χ4v) is 5.05. The minimum absolute atomic E-state index is 0.0214. The van der Waals surface area contributed by atoms with Gasteiger partial charge in [-0.15, -0.1) is 11.3 Å². The van der Waals surface area contributed by atoms with E-state index in [1.807, 2.05) is 21.0 Å². The third kappa shape index (κ3) is 2.69.